The minimum atomic E-state index is -5.35. The Hall–Kier alpha value is -2.10. The van der Waals surface area contributed by atoms with Gasteiger partial charge in [0.05, 0.1) is 4.90 Å². The zero-order chi connectivity index (χ0) is 19.8. The van der Waals surface area contributed by atoms with Crippen molar-refractivity contribution in [3.8, 4) is 0 Å². The number of hydrogen-bond acceptors (Lipinski definition) is 5. The van der Waals surface area contributed by atoms with Crippen LogP contribution in [0.4, 0.5) is 18.9 Å². The molecule has 0 radical (unpaired) electrons. The van der Waals surface area contributed by atoms with Crippen LogP contribution >= 0.6 is 0 Å². The summed E-state index contributed by atoms with van der Waals surface area (Å²) in [5, 5.41) is 3.17. The number of hydrogen-bond donors (Lipinski definition) is 1. The summed E-state index contributed by atoms with van der Waals surface area (Å²) in [4.78, 5) is 24.2. The molecule has 1 saturated heterocycles. The van der Waals surface area contributed by atoms with Crippen LogP contribution in [0.15, 0.2) is 29.2 Å². The van der Waals surface area contributed by atoms with Crippen molar-refractivity contribution < 1.29 is 31.2 Å². The van der Waals surface area contributed by atoms with Gasteiger partial charge >= 0.3 is 5.51 Å². The van der Waals surface area contributed by atoms with Crippen molar-refractivity contribution in [1.29, 1.82) is 0 Å². The first-order chi connectivity index (χ1) is 12.6. The molecule has 1 aromatic rings. The van der Waals surface area contributed by atoms with Gasteiger partial charge in [0, 0.05) is 30.6 Å². The van der Waals surface area contributed by atoms with Gasteiger partial charge in [-0.15, -0.1) is 0 Å². The van der Waals surface area contributed by atoms with Crippen LogP contribution in [0.3, 0.4) is 0 Å². The fourth-order valence-corrected chi connectivity index (χ4v) is 4.34. The molecule has 1 saturated carbocycles. The summed E-state index contributed by atoms with van der Waals surface area (Å²) in [5.74, 6) is -0.254. The van der Waals surface area contributed by atoms with E-state index < -0.39 is 20.2 Å². The van der Waals surface area contributed by atoms with Gasteiger partial charge in [0.2, 0.25) is 11.8 Å². The molecule has 0 unspecified atom stereocenters. The molecule has 1 N–H and O–H groups in total. The molecule has 1 aliphatic carbocycles. The molecule has 0 bridgehead atoms. The van der Waals surface area contributed by atoms with E-state index in [-0.39, 0.29) is 36.7 Å². The predicted octanol–water partition coefficient (Wildman–Crippen LogP) is 2.85. The molecule has 0 atom stereocenters. The second kappa shape index (κ2) is 7.14. The molecule has 2 amide bonds. The topological polar surface area (TPSA) is 83.6 Å². The Morgan fingerprint density at radius 2 is 1.44 bits per heavy atom. The first-order valence-electron chi connectivity index (χ1n) is 8.62. The standard InChI is InChI=1S/C17H19F3N2O4S/c18-17(19,20)27(25,26)14-7-3-12(4-8-14)21-11-1-5-13(6-2-11)22-15(23)9-10-16(22)24/h3-4,7-8,11,13,21H,1-2,5-6,9-10H2. The number of benzene rings is 1. The SMILES string of the molecule is O=C1CCC(=O)N1C1CCC(Nc2ccc(S(=O)(=O)C(F)(F)F)cc2)CC1. The van der Waals surface area contributed by atoms with Crippen molar-refractivity contribution in [2.24, 2.45) is 0 Å². The van der Waals surface area contributed by atoms with E-state index in [9.17, 15) is 31.2 Å². The van der Waals surface area contributed by atoms with Crippen LogP contribution in [0, 0.1) is 0 Å². The lowest BCUT2D eigenvalue weighted by molar-refractivity contribution is -0.141. The number of anilines is 1. The lowest BCUT2D eigenvalue weighted by Crippen LogP contribution is -2.43. The van der Waals surface area contributed by atoms with E-state index >= 15 is 0 Å². The van der Waals surface area contributed by atoms with Gasteiger partial charge in [0.25, 0.3) is 9.84 Å². The summed E-state index contributed by atoms with van der Waals surface area (Å²) < 4.78 is 60.4. The third-order valence-corrected chi connectivity index (χ3v) is 6.49. The van der Waals surface area contributed by atoms with Crippen molar-refractivity contribution >= 4 is 27.3 Å². The van der Waals surface area contributed by atoms with Crippen LogP contribution in [-0.2, 0) is 19.4 Å². The monoisotopic (exact) mass is 404 g/mol. The number of alkyl halides is 3. The minimum Gasteiger partial charge on any atom is -0.382 e. The Morgan fingerprint density at radius 3 is 1.93 bits per heavy atom. The lowest BCUT2D eigenvalue weighted by atomic mass is 9.90. The lowest BCUT2D eigenvalue weighted by Gasteiger charge is -2.34. The molecule has 0 aromatic heterocycles. The van der Waals surface area contributed by atoms with Gasteiger partial charge in [-0.2, -0.15) is 13.2 Å². The second-order valence-corrected chi connectivity index (χ2v) is 8.72. The first-order valence-corrected chi connectivity index (χ1v) is 10.1. The van der Waals surface area contributed by atoms with Crippen molar-refractivity contribution in [3.05, 3.63) is 24.3 Å². The maximum absolute atomic E-state index is 12.6. The normalized spacial score (nSPS) is 24.3. The van der Waals surface area contributed by atoms with Gasteiger partial charge in [0.15, 0.2) is 0 Å². The number of rotatable bonds is 4. The zero-order valence-electron chi connectivity index (χ0n) is 14.3. The molecule has 2 aliphatic rings. The van der Waals surface area contributed by atoms with Crippen molar-refractivity contribution in [2.75, 3.05) is 5.32 Å². The molecule has 148 valence electrons. The maximum atomic E-state index is 12.6. The molecular weight excluding hydrogens is 385 g/mol. The number of nitrogens with one attached hydrogen (secondary N) is 1. The number of amides is 2. The zero-order valence-corrected chi connectivity index (χ0v) is 15.1. The Labute approximate surface area is 154 Å². The van der Waals surface area contributed by atoms with Crippen LogP contribution in [0.25, 0.3) is 0 Å². The van der Waals surface area contributed by atoms with Crippen LogP contribution in [-0.4, -0.2) is 42.7 Å². The summed E-state index contributed by atoms with van der Waals surface area (Å²) in [6, 6.07) is 4.41. The first kappa shape index (κ1) is 19.7. The molecule has 1 aromatic carbocycles. The number of nitrogens with zero attached hydrogens (tertiary/aromatic N) is 1. The molecule has 2 fully saturated rings. The molecule has 1 aliphatic heterocycles. The maximum Gasteiger partial charge on any atom is 0.501 e. The van der Waals surface area contributed by atoms with Gasteiger partial charge in [-0.05, 0) is 49.9 Å². The average molecular weight is 404 g/mol. The smallest absolute Gasteiger partial charge is 0.382 e. The predicted molar refractivity (Wildman–Crippen MR) is 90.4 cm³/mol. The number of halogens is 3. The molecule has 6 nitrogen and oxygen atoms in total. The van der Waals surface area contributed by atoms with E-state index in [1.807, 2.05) is 0 Å². The molecule has 27 heavy (non-hydrogen) atoms. The van der Waals surface area contributed by atoms with Crippen molar-refractivity contribution in [3.63, 3.8) is 0 Å². The van der Waals surface area contributed by atoms with Gasteiger partial charge in [0.1, 0.15) is 0 Å². The number of likely N-dealkylation sites (tertiary alicyclic amines) is 1. The van der Waals surface area contributed by atoms with E-state index in [4.69, 9.17) is 0 Å². The van der Waals surface area contributed by atoms with Crippen LogP contribution in [0.5, 0.6) is 0 Å². The van der Waals surface area contributed by atoms with E-state index in [0.29, 0.717) is 31.4 Å². The summed E-state index contributed by atoms with van der Waals surface area (Å²) in [7, 11) is -5.35. The Morgan fingerprint density at radius 1 is 0.926 bits per heavy atom. The highest BCUT2D eigenvalue weighted by Gasteiger charge is 2.46. The Balaban J connectivity index is 1.58. The Bertz CT molecular complexity index is 813. The van der Waals surface area contributed by atoms with Crippen LogP contribution in [0.1, 0.15) is 38.5 Å². The number of carbonyl (C=O) groups is 2. The molecular formula is C17H19F3N2O4S. The van der Waals surface area contributed by atoms with Crippen molar-refractivity contribution in [2.45, 2.75) is 61.0 Å². The third-order valence-electron chi connectivity index (χ3n) is 4.99. The molecule has 10 heteroatoms. The molecule has 3 rings (SSSR count). The summed E-state index contributed by atoms with van der Waals surface area (Å²) >= 11 is 0. The summed E-state index contributed by atoms with van der Waals surface area (Å²) in [5.41, 5.74) is -4.81. The summed E-state index contributed by atoms with van der Waals surface area (Å²) in [6.07, 6.45) is 3.26. The van der Waals surface area contributed by atoms with E-state index in [0.717, 1.165) is 12.1 Å². The van der Waals surface area contributed by atoms with E-state index in [1.54, 1.807) is 0 Å². The highest BCUT2D eigenvalue weighted by atomic mass is 32.2. The van der Waals surface area contributed by atoms with Crippen LogP contribution in [0.2, 0.25) is 0 Å². The molecule has 0 spiro atoms. The second-order valence-electron chi connectivity index (χ2n) is 6.78. The van der Waals surface area contributed by atoms with Crippen LogP contribution < -0.4 is 5.32 Å². The largest absolute Gasteiger partial charge is 0.501 e. The number of imide groups is 1. The summed E-state index contributed by atoms with van der Waals surface area (Å²) in [6.45, 7) is 0. The highest BCUT2D eigenvalue weighted by Crippen LogP contribution is 2.32. The number of sulfone groups is 1. The van der Waals surface area contributed by atoms with E-state index in [2.05, 4.69) is 5.32 Å². The van der Waals surface area contributed by atoms with Gasteiger partial charge in [-0.25, -0.2) is 8.42 Å². The Kier molecular flexibility index (Phi) is 5.20. The van der Waals surface area contributed by atoms with Gasteiger partial charge in [-0.1, -0.05) is 0 Å². The fourth-order valence-electron chi connectivity index (χ4n) is 3.58. The molecule has 1 heterocycles. The van der Waals surface area contributed by atoms with E-state index in [1.165, 1.54) is 17.0 Å². The minimum absolute atomic E-state index is 0.0409. The van der Waals surface area contributed by atoms with Gasteiger partial charge in [-0.3, -0.25) is 14.5 Å². The quantitative estimate of drug-likeness (QED) is 0.781. The average Bonchev–Trinajstić information content (AvgIpc) is 2.94. The van der Waals surface area contributed by atoms with Gasteiger partial charge < -0.3 is 5.32 Å². The van der Waals surface area contributed by atoms with Crippen molar-refractivity contribution in [1.82, 2.24) is 4.90 Å². The highest BCUT2D eigenvalue weighted by molar-refractivity contribution is 7.92. The fraction of sp³-hybridized carbons (Fsp3) is 0.529. The third kappa shape index (κ3) is 3.95. The number of carbonyl (C=O) groups excluding carboxylic acids is 2.